The molecule has 1 heterocycles. The van der Waals surface area contributed by atoms with Gasteiger partial charge in [0.25, 0.3) is 0 Å². The first-order valence-electron chi connectivity index (χ1n) is 4.25. The molecule has 0 bridgehead atoms. The normalized spacial score (nSPS) is 54.3. The lowest BCUT2D eigenvalue weighted by molar-refractivity contribution is 0.0619. The zero-order valence-corrected chi connectivity index (χ0v) is 6.19. The molecule has 0 amide bonds. The molecule has 2 aliphatic carbocycles. The van der Waals surface area contributed by atoms with E-state index in [-0.39, 0.29) is 5.54 Å². The Morgan fingerprint density at radius 2 is 2.20 bits per heavy atom. The van der Waals surface area contributed by atoms with Gasteiger partial charge in [0.15, 0.2) is 0 Å². The lowest BCUT2D eigenvalue weighted by atomic mass is 9.59. The minimum absolute atomic E-state index is 0.219. The lowest BCUT2D eigenvalue weighted by Crippen LogP contribution is -2.61. The summed E-state index contributed by atoms with van der Waals surface area (Å²) in [6.45, 7) is 2.26. The van der Waals surface area contributed by atoms with E-state index in [0.717, 1.165) is 17.9 Å². The minimum atomic E-state index is 0.219. The molecule has 0 radical (unpaired) electrons. The van der Waals surface area contributed by atoms with Crippen LogP contribution in [-0.2, 0) is 0 Å². The maximum Gasteiger partial charge on any atom is 0.0332 e. The summed E-state index contributed by atoms with van der Waals surface area (Å²) in [6, 6.07) is 0. The monoisotopic (exact) mass is 138 g/mol. The molecule has 1 saturated heterocycles. The van der Waals surface area contributed by atoms with E-state index in [1.807, 2.05) is 0 Å². The van der Waals surface area contributed by atoms with Gasteiger partial charge in [0, 0.05) is 18.6 Å². The highest BCUT2D eigenvalue weighted by molar-refractivity contribution is 5.23. The van der Waals surface area contributed by atoms with Gasteiger partial charge < -0.3 is 11.1 Å². The van der Waals surface area contributed by atoms with E-state index in [4.69, 9.17) is 5.73 Å². The van der Waals surface area contributed by atoms with E-state index >= 15 is 0 Å². The Balaban J connectivity index is 1.92. The van der Waals surface area contributed by atoms with Gasteiger partial charge in [0.2, 0.25) is 0 Å². The number of nitrogens with one attached hydrogen (secondary N) is 1. The summed E-state index contributed by atoms with van der Waals surface area (Å²) in [5.74, 6) is 0.833. The van der Waals surface area contributed by atoms with Crippen molar-refractivity contribution in [2.24, 2.45) is 17.1 Å². The van der Waals surface area contributed by atoms with Gasteiger partial charge in [0.1, 0.15) is 0 Å². The number of hydrogen-bond acceptors (Lipinski definition) is 2. The molecular weight excluding hydrogens is 124 g/mol. The first-order valence-corrected chi connectivity index (χ1v) is 4.25. The van der Waals surface area contributed by atoms with Crippen LogP contribution in [0.1, 0.15) is 19.3 Å². The van der Waals surface area contributed by atoms with E-state index in [0.29, 0.717) is 0 Å². The Kier molecular flexibility index (Phi) is 0.710. The van der Waals surface area contributed by atoms with Crippen molar-refractivity contribution in [3.63, 3.8) is 0 Å². The highest BCUT2D eigenvalue weighted by Crippen LogP contribution is 2.68. The maximum absolute atomic E-state index is 6.16. The third-order valence-electron chi connectivity index (χ3n) is 3.81. The maximum atomic E-state index is 6.16. The molecule has 3 fully saturated rings. The van der Waals surface area contributed by atoms with Crippen LogP contribution < -0.4 is 11.1 Å². The van der Waals surface area contributed by atoms with Gasteiger partial charge in [-0.2, -0.15) is 0 Å². The highest BCUT2D eigenvalue weighted by Gasteiger charge is 2.68. The van der Waals surface area contributed by atoms with E-state index in [9.17, 15) is 0 Å². The number of nitrogens with two attached hydrogens (primary N) is 1. The Labute approximate surface area is 61.2 Å². The topological polar surface area (TPSA) is 38.0 Å². The zero-order valence-electron chi connectivity index (χ0n) is 6.19. The van der Waals surface area contributed by atoms with Crippen molar-refractivity contribution in [2.75, 3.05) is 13.1 Å². The predicted molar refractivity (Wildman–Crippen MR) is 39.6 cm³/mol. The fraction of sp³-hybridized carbons (Fsp3) is 1.00. The fourth-order valence-electron chi connectivity index (χ4n) is 3.12. The molecule has 10 heavy (non-hydrogen) atoms. The molecule has 2 saturated carbocycles. The predicted octanol–water partition coefficient (Wildman–Crippen LogP) is 0.0872. The number of fused-ring (bicyclic) bond motifs is 2. The van der Waals surface area contributed by atoms with E-state index in [1.165, 1.54) is 25.8 Å². The van der Waals surface area contributed by atoms with Crippen LogP contribution in [0.15, 0.2) is 0 Å². The van der Waals surface area contributed by atoms with Crippen molar-refractivity contribution >= 4 is 0 Å². The van der Waals surface area contributed by atoms with Gasteiger partial charge in [-0.15, -0.1) is 0 Å². The summed E-state index contributed by atoms with van der Waals surface area (Å²) in [6.07, 6.45) is 4.22. The van der Waals surface area contributed by atoms with Crippen LogP contribution in [0, 0.1) is 11.3 Å². The molecule has 2 nitrogen and oxygen atoms in total. The third-order valence-corrected chi connectivity index (χ3v) is 3.81. The molecule has 1 aliphatic heterocycles. The minimum Gasteiger partial charge on any atom is -0.324 e. The first kappa shape index (κ1) is 5.56. The third kappa shape index (κ3) is 0.424. The Morgan fingerprint density at radius 3 is 2.80 bits per heavy atom. The molecule has 56 valence electrons. The van der Waals surface area contributed by atoms with Gasteiger partial charge in [-0.05, 0) is 30.6 Å². The summed E-state index contributed by atoms with van der Waals surface area (Å²) in [7, 11) is 0. The largest absolute Gasteiger partial charge is 0.324 e. The van der Waals surface area contributed by atoms with Gasteiger partial charge in [-0.3, -0.25) is 0 Å². The average molecular weight is 138 g/mol. The molecular formula is C8H14N2. The standard InChI is InChI=1S/C8H14N2/c9-8-4-7(1-2-7)6(8)3-10-5-8/h6,10H,1-5,9H2/t6-,8-/m1/s1. The molecule has 3 aliphatic rings. The molecule has 0 aromatic heterocycles. The van der Waals surface area contributed by atoms with Crippen LogP contribution in [0.5, 0.6) is 0 Å². The quantitative estimate of drug-likeness (QED) is 0.498. The second-order valence-corrected chi connectivity index (χ2v) is 4.46. The number of rotatable bonds is 0. The molecule has 0 unspecified atom stereocenters. The molecule has 3 N–H and O–H groups in total. The second-order valence-electron chi connectivity index (χ2n) is 4.46. The van der Waals surface area contributed by atoms with E-state index in [1.54, 1.807) is 0 Å². The van der Waals surface area contributed by atoms with E-state index < -0.39 is 0 Å². The Morgan fingerprint density at radius 1 is 1.40 bits per heavy atom. The molecule has 2 heteroatoms. The van der Waals surface area contributed by atoms with Crippen LogP contribution in [0.2, 0.25) is 0 Å². The van der Waals surface area contributed by atoms with Crippen LogP contribution >= 0.6 is 0 Å². The van der Waals surface area contributed by atoms with Gasteiger partial charge >= 0.3 is 0 Å². The van der Waals surface area contributed by atoms with Crippen molar-refractivity contribution in [3.8, 4) is 0 Å². The SMILES string of the molecule is N[C@]12CNC[C@@H]1C1(CC1)C2. The van der Waals surface area contributed by atoms with Crippen LogP contribution in [-0.4, -0.2) is 18.6 Å². The van der Waals surface area contributed by atoms with Crippen LogP contribution in [0.3, 0.4) is 0 Å². The summed E-state index contributed by atoms with van der Waals surface area (Å²) >= 11 is 0. The highest BCUT2D eigenvalue weighted by atomic mass is 15.1. The molecule has 0 aromatic rings. The molecule has 1 spiro atoms. The van der Waals surface area contributed by atoms with Gasteiger partial charge in [-0.1, -0.05) is 0 Å². The van der Waals surface area contributed by atoms with E-state index in [2.05, 4.69) is 5.32 Å². The van der Waals surface area contributed by atoms with Crippen molar-refractivity contribution in [1.29, 1.82) is 0 Å². The second kappa shape index (κ2) is 1.28. The number of hydrogen-bond donors (Lipinski definition) is 2. The van der Waals surface area contributed by atoms with Crippen molar-refractivity contribution in [2.45, 2.75) is 24.8 Å². The van der Waals surface area contributed by atoms with Crippen molar-refractivity contribution in [1.82, 2.24) is 5.32 Å². The Bertz CT molecular complexity index is 186. The summed E-state index contributed by atoms with van der Waals surface area (Å²) in [5, 5.41) is 3.40. The summed E-state index contributed by atoms with van der Waals surface area (Å²) in [5.41, 5.74) is 7.13. The molecule has 0 aromatic carbocycles. The Hall–Kier alpha value is -0.0800. The lowest BCUT2D eigenvalue weighted by Gasteiger charge is -2.49. The average Bonchev–Trinajstić information content (AvgIpc) is 2.58. The summed E-state index contributed by atoms with van der Waals surface area (Å²) < 4.78 is 0. The van der Waals surface area contributed by atoms with Crippen LogP contribution in [0.25, 0.3) is 0 Å². The van der Waals surface area contributed by atoms with Crippen LogP contribution in [0.4, 0.5) is 0 Å². The fourth-order valence-corrected chi connectivity index (χ4v) is 3.12. The first-order chi connectivity index (χ1) is 4.75. The van der Waals surface area contributed by atoms with Crippen molar-refractivity contribution in [3.05, 3.63) is 0 Å². The van der Waals surface area contributed by atoms with Gasteiger partial charge in [-0.25, -0.2) is 0 Å². The molecule has 2 atom stereocenters. The van der Waals surface area contributed by atoms with Gasteiger partial charge in [0.05, 0.1) is 0 Å². The zero-order chi connectivity index (χ0) is 6.82. The smallest absolute Gasteiger partial charge is 0.0332 e. The summed E-state index contributed by atoms with van der Waals surface area (Å²) in [4.78, 5) is 0. The molecule has 3 rings (SSSR count). The van der Waals surface area contributed by atoms with Crippen molar-refractivity contribution < 1.29 is 0 Å².